The molecule has 0 aromatic heterocycles. The van der Waals surface area contributed by atoms with E-state index in [1.807, 2.05) is 0 Å². The highest BCUT2D eigenvalue weighted by molar-refractivity contribution is 5.05. The fourth-order valence-corrected chi connectivity index (χ4v) is 3.41. The van der Waals surface area contributed by atoms with Crippen molar-refractivity contribution in [3.63, 3.8) is 0 Å². The lowest BCUT2D eigenvalue weighted by atomic mass is 9.93. The van der Waals surface area contributed by atoms with E-state index >= 15 is 0 Å². The van der Waals surface area contributed by atoms with Crippen LogP contribution < -0.4 is 0 Å². The van der Waals surface area contributed by atoms with Crippen LogP contribution in [0.2, 0.25) is 0 Å². The van der Waals surface area contributed by atoms with Crippen LogP contribution in [0.3, 0.4) is 0 Å². The van der Waals surface area contributed by atoms with Crippen LogP contribution >= 0.6 is 0 Å². The van der Waals surface area contributed by atoms with Crippen LogP contribution in [0.15, 0.2) is 34.9 Å². The van der Waals surface area contributed by atoms with E-state index in [9.17, 15) is 0 Å². The summed E-state index contributed by atoms with van der Waals surface area (Å²) in [5, 5.41) is 0. The minimum atomic E-state index is 0.779. The van der Waals surface area contributed by atoms with E-state index in [2.05, 4.69) is 94.4 Å². The van der Waals surface area contributed by atoms with Crippen LogP contribution in [0.5, 0.6) is 0 Å². The number of hydrogen-bond acceptors (Lipinski definition) is 0. The van der Waals surface area contributed by atoms with Crippen LogP contribution in [-0.4, -0.2) is 0 Å². The molecule has 0 aromatic rings. The number of hydrogen-bond donors (Lipinski definition) is 0. The normalized spacial score (nSPS) is 13.5. The molecule has 0 saturated heterocycles. The summed E-state index contributed by atoms with van der Waals surface area (Å²) < 4.78 is 0. The average Bonchev–Trinajstić information content (AvgIpc) is 2.64. The van der Waals surface area contributed by atoms with Crippen LogP contribution in [-0.2, 0) is 0 Å². The second-order valence-electron chi connectivity index (χ2n) is 11.5. The highest BCUT2D eigenvalue weighted by Gasteiger charge is 2.04. The van der Waals surface area contributed by atoms with Gasteiger partial charge in [-0.3, -0.25) is 0 Å². The van der Waals surface area contributed by atoms with Gasteiger partial charge in [0.2, 0.25) is 0 Å². The fourth-order valence-electron chi connectivity index (χ4n) is 3.41. The molecule has 0 heterocycles. The summed E-state index contributed by atoms with van der Waals surface area (Å²) in [5.41, 5.74) is 4.50. The molecule has 0 amide bonds. The maximum absolute atomic E-state index is 2.41. The summed E-state index contributed by atoms with van der Waals surface area (Å²) in [6, 6.07) is 0. The van der Waals surface area contributed by atoms with Crippen LogP contribution in [0.1, 0.15) is 140 Å². The lowest BCUT2D eigenvalue weighted by Gasteiger charge is -2.13. The first-order valence-corrected chi connectivity index (χ1v) is 13.4. The molecular weight excluding hydrogens is 372 g/mol. The predicted octanol–water partition coefficient (Wildman–Crippen LogP) is 11.3. The van der Waals surface area contributed by atoms with Crippen molar-refractivity contribution in [2.75, 3.05) is 0 Å². The van der Waals surface area contributed by atoms with E-state index < -0.39 is 0 Å². The van der Waals surface area contributed by atoms with Crippen molar-refractivity contribution in [3.8, 4) is 0 Å². The van der Waals surface area contributed by atoms with Gasteiger partial charge in [-0.1, -0.05) is 116 Å². The maximum atomic E-state index is 2.41. The maximum Gasteiger partial charge on any atom is -0.0288 e. The summed E-state index contributed by atoms with van der Waals surface area (Å²) in [7, 11) is 0. The number of rotatable bonds is 15. The van der Waals surface area contributed by atoms with E-state index in [-0.39, 0.29) is 0 Å². The fraction of sp³-hybridized carbons (Fsp3) is 0.806. The molecule has 31 heavy (non-hydrogen) atoms. The summed E-state index contributed by atoms with van der Waals surface area (Å²) in [4.78, 5) is 0. The van der Waals surface area contributed by atoms with E-state index in [1.165, 1.54) is 80.9 Å². The zero-order valence-corrected chi connectivity index (χ0v) is 23.6. The Labute approximate surface area is 199 Å². The lowest BCUT2D eigenvalue weighted by molar-refractivity contribution is 0.400. The Morgan fingerprint density at radius 2 is 1.06 bits per heavy atom. The molecule has 0 fully saturated rings. The predicted molar refractivity (Wildman–Crippen MR) is 147 cm³/mol. The molecule has 0 aliphatic carbocycles. The van der Waals surface area contributed by atoms with Gasteiger partial charge in [-0.2, -0.15) is 0 Å². The van der Waals surface area contributed by atoms with Crippen molar-refractivity contribution in [2.24, 2.45) is 23.7 Å². The molecule has 0 aromatic carbocycles. The first kappa shape index (κ1) is 32.4. The average molecular weight is 433 g/mol. The smallest absolute Gasteiger partial charge is 0.0288 e. The van der Waals surface area contributed by atoms with Gasteiger partial charge < -0.3 is 0 Å². The van der Waals surface area contributed by atoms with Gasteiger partial charge in [-0.05, 0) is 83.5 Å². The molecule has 0 spiro atoms. The van der Waals surface area contributed by atoms with E-state index in [4.69, 9.17) is 0 Å². The van der Waals surface area contributed by atoms with Gasteiger partial charge in [0.15, 0.2) is 0 Å². The van der Waals surface area contributed by atoms with Crippen LogP contribution in [0, 0.1) is 23.7 Å². The summed E-state index contributed by atoms with van der Waals surface area (Å²) >= 11 is 0. The molecular formula is C31H60. The quantitative estimate of drug-likeness (QED) is 0.226. The first-order chi connectivity index (χ1) is 14.4. The van der Waals surface area contributed by atoms with E-state index in [0.29, 0.717) is 0 Å². The molecule has 0 aliphatic rings. The van der Waals surface area contributed by atoms with Crippen molar-refractivity contribution in [1.82, 2.24) is 0 Å². The molecule has 0 N–H and O–H groups in total. The minimum Gasteiger partial charge on any atom is -0.0856 e. The molecule has 1 unspecified atom stereocenters. The van der Waals surface area contributed by atoms with Crippen molar-refractivity contribution >= 4 is 0 Å². The first-order valence-electron chi connectivity index (χ1n) is 13.4. The Kier molecular flexibility index (Phi) is 22.0. The largest absolute Gasteiger partial charge is 0.0856 e. The van der Waals surface area contributed by atoms with Gasteiger partial charge >= 0.3 is 0 Å². The molecule has 0 nitrogen and oxygen atoms in total. The standard InChI is InChI=1S/C18H32.C13H28/c1-15(2)9-7-10-17(5)11-8-12-18(6)14-13-16(3)4;1-11(2)7-6-8-13(5)10-9-12(3)4/h9,11,14,16H,7-8,10,12-13H2,1-6H3;11-13H,6-10H2,1-5H3/b17-11+,18-14-;. The van der Waals surface area contributed by atoms with Gasteiger partial charge in [0.25, 0.3) is 0 Å². The van der Waals surface area contributed by atoms with Crippen molar-refractivity contribution < 1.29 is 0 Å². The SMILES string of the molecule is CC(C)=CCC/C(C)=C/CC/C(C)=C\CC(C)C.CC(C)CCCC(C)CCC(C)C. The molecule has 184 valence electrons. The Morgan fingerprint density at radius 1 is 0.548 bits per heavy atom. The second-order valence-corrected chi connectivity index (χ2v) is 11.5. The third-order valence-corrected chi connectivity index (χ3v) is 5.78. The van der Waals surface area contributed by atoms with Gasteiger partial charge in [-0.25, -0.2) is 0 Å². The Hall–Kier alpha value is -0.780. The van der Waals surface area contributed by atoms with Gasteiger partial charge in [-0.15, -0.1) is 0 Å². The third kappa shape index (κ3) is 29.2. The van der Waals surface area contributed by atoms with Crippen LogP contribution in [0.4, 0.5) is 0 Å². The van der Waals surface area contributed by atoms with Crippen molar-refractivity contribution in [1.29, 1.82) is 0 Å². The topological polar surface area (TPSA) is 0 Å². The monoisotopic (exact) mass is 432 g/mol. The zero-order valence-electron chi connectivity index (χ0n) is 23.6. The van der Waals surface area contributed by atoms with E-state index in [0.717, 1.165) is 23.7 Å². The molecule has 0 aliphatic heterocycles. The van der Waals surface area contributed by atoms with Gasteiger partial charge in [0.1, 0.15) is 0 Å². The molecule has 1 atom stereocenters. The third-order valence-electron chi connectivity index (χ3n) is 5.78. The Balaban J connectivity index is 0. The van der Waals surface area contributed by atoms with Gasteiger partial charge in [0.05, 0.1) is 0 Å². The Bertz CT molecular complexity index is 480. The van der Waals surface area contributed by atoms with E-state index in [1.54, 1.807) is 0 Å². The lowest BCUT2D eigenvalue weighted by Crippen LogP contribution is -1.99. The highest BCUT2D eigenvalue weighted by Crippen LogP contribution is 2.19. The Morgan fingerprint density at radius 3 is 1.55 bits per heavy atom. The second kappa shape index (κ2) is 21.1. The van der Waals surface area contributed by atoms with Crippen LogP contribution in [0.25, 0.3) is 0 Å². The molecule has 0 heteroatoms. The van der Waals surface area contributed by atoms with Crippen molar-refractivity contribution in [2.45, 2.75) is 140 Å². The van der Waals surface area contributed by atoms with Crippen molar-refractivity contribution in [3.05, 3.63) is 34.9 Å². The molecule has 0 radical (unpaired) electrons. The molecule has 0 rings (SSSR count). The summed E-state index contributed by atoms with van der Waals surface area (Å²) in [5.74, 6) is 3.49. The highest BCUT2D eigenvalue weighted by atomic mass is 14.1. The molecule has 0 saturated carbocycles. The summed E-state index contributed by atoms with van der Waals surface area (Å²) in [6.45, 7) is 25.1. The summed E-state index contributed by atoms with van der Waals surface area (Å²) in [6.07, 6.45) is 20.3. The number of allylic oxidation sites excluding steroid dienone is 6. The molecule has 0 bridgehead atoms. The van der Waals surface area contributed by atoms with Gasteiger partial charge in [0, 0.05) is 0 Å². The minimum absolute atomic E-state index is 0.779. The zero-order chi connectivity index (χ0) is 24.2.